The molecule has 0 heterocycles. The van der Waals surface area contributed by atoms with E-state index in [0.29, 0.717) is 0 Å². The number of hydrogen-bond donors (Lipinski definition) is 1. The summed E-state index contributed by atoms with van der Waals surface area (Å²) in [5.74, 6) is 0. The van der Waals surface area contributed by atoms with E-state index >= 15 is 0 Å². The van der Waals surface area contributed by atoms with E-state index in [2.05, 4.69) is 6.58 Å². The third-order valence-corrected chi connectivity index (χ3v) is 0.718. The van der Waals surface area contributed by atoms with Gasteiger partial charge in [0.05, 0.1) is 6.26 Å². The van der Waals surface area contributed by atoms with Crippen molar-refractivity contribution in [2.45, 2.75) is 6.92 Å². The molecule has 0 fully saturated rings. The van der Waals surface area contributed by atoms with Crippen molar-refractivity contribution in [3.63, 3.8) is 0 Å². The largest absolute Gasteiger partial charge is 0.516 e. The minimum atomic E-state index is 0.988. The molecule has 1 N–H and O–H groups in total. The second kappa shape index (κ2) is 4.19. The van der Waals surface area contributed by atoms with Crippen molar-refractivity contribution < 1.29 is 5.11 Å². The summed E-state index contributed by atoms with van der Waals surface area (Å²) in [4.78, 5) is 0. The maximum atomic E-state index is 8.21. The van der Waals surface area contributed by atoms with E-state index in [-0.39, 0.29) is 0 Å². The van der Waals surface area contributed by atoms with Gasteiger partial charge in [0, 0.05) is 0 Å². The molecule has 1 nitrogen and oxygen atoms in total. The number of allylic oxidation sites excluding steroid dienone is 4. The first kappa shape index (κ1) is 7.02. The Bertz CT molecular complexity index is 120. The monoisotopic (exact) mass is 110 g/mol. The molecule has 0 spiro atoms. The van der Waals surface area contributed by atoms with Crippen molar-refractivity contribution >= 4 is 0 Å². The highest BCUT2D eigenvalue weighted by Crippen LogP contribution is 1.92. The average molecular weight is 110 g/mol. The Labute approximate surface area is 49.7 Å². The lowest BCUT2D eigenvalue weighted by atomic mass is 10.3. The predicted molar refractivity (Wildman–Crippen MR) is 35.7 cm³/mol. The highest BCUT2D eigenvalue weighted by atomic mass is 16.2. The molecule has 0 aromatic heterocycles. The van der Waals surface area contributed by atoms with E-state index in [4.69, 9.17) is 5.11 Å². The highest BCUT2D eigenvalue weighted by Gasteiger charge is 1.72. The molecule has 0 aliphatic carbocycles. The SMILES string of the molecule is C=C/C=C(C)/C=C/O. The molecule has 8 heavy (non-hydrogen) atoms. The van der Waals surface area contributed by atoms with Crippen LogP contribution in [0, 0.1) is 0 Å². The van der Waals surface area contributed by atoms with Crippen LogP contribution in [-0.2, 0) is 0 Å². The van der Waals surface area contributed by atoms with E-state index in [0.717, 1.165) is 11.8 Å². The van der Waals surface area contributed by atoms with Gasteiger partial charge in [0.15, 0.2) is 0 Å². The normalized spacial score (nSPS) is 12.4. The smallest absolute Gasteiger partial charge is 0.0794 e. The van der Waals surface area contributed by atoms with E-state index in [1.165, 1.54) is 0 Å². The van der Waals surface area contributed by atoms with Crippen molar-refractivity contribution in [3.8, 4) is 0 Å². The Kier molecular flexibility index (Phi) is 3.67. The van der Waals surface area contributed by atoms with Crippen molar-refractivity contribution in [3.05, 3.63) is 36.6 Å². The minimum absolute atomic E-state index is 0.988. The fourth-order valence-corrected chi connectivity index (χ4v) is 0.359. The molecule has 0 unspecified atom stereocenters. The molecule has 0 aliphatic heterocycles. The molecule has 0 aliphatic rings. The molecule has 1 heteroatoms. The van der Waals surface area contributed by atoms with Crippen LogP contribution in [0.25, 0.3) is 0 Å². The molecule has 0 atom stereocenters. The number of aliphatic hydroxyl groups excluding tert-OH is 1. The maximum Gasteiger partial charge on any atom is 0.0794 e. The van der Waals surface area contributed by atoms with Crippen molar-refractivity contribution in [1.82, 2.24) is 0 Å². The summed E-state index contributed by atoms with van der Waals surface area (Å²) in [7, 11) is 0. The molecular weight excluding hydrogens is 100 g/mol. The van der Waals surface area contributed by atoms with Crippen molar-refractivity contribution in [2.24, 2.45) is 0 Å². The van der Waals surface area contributed by atoms with Gasteiger partial charge in [0.1, 0.15) is 0 Å². The van der Waals surface area contributed by atoms with Crippen LogP contribution in [0.1, 0.15) is 6.92 Å². The number of hydrogen-bond acceptors (Lipinski definition) is 1. The molecule has 0 radical (unpaired) electrons. The first-order chi connectivity index (χ1) is 3.81. The zero-order chi connectivity index (χ0) is 6.41. The van der Waals surface area contributed by atoms with E-state index in [1.54, 1.807) is 12.2 Å². The van der Waals surface area contributed by atoms with E-state index in [1.807, 2.05) is 13.0 Å². The number of aliphatic hydroxyl groups is 1. The Hall–Kier alpha value is -0.980. The standard InChI is InChI=1S/C7H10O/c1-3-4-7(2)5-6-8/h3-6,8H,1H2,2H3/b6-5+,7-4+. The van der Waals surface area contributed by atoms with Gasteiger partial charge in [0.2, 0.25) is 0 Å². The van der Waals surface area contributed by atoms with Crippen LogP contribution in [0.4, 0.5) is 0 Å². The fraction of sp³-hybridized carbons (Fsp3) is 0.143. The Morgan fingerprint density at radius 3 is 2.62 bits per heavy atom. The first-order valence-corrected chi connectivity index (χ1v) is 2.41. The van der Waals surface area contributed by atoms with Gasteiger partial charge in [0.25, 0.3) is 0 Å². The molecule has 0 amide bonds. The topological polar surface area (TPSA) is 20.2 Å². The quantitative estimate of drug-likeness (QED) is 0.426. The summed E-state index contributed by atoms with van der Waals surface area (Å²) >= 11 is 0. The Balaban J connectivity index is 3.79. The van der Waals surface area contributed by atoms with Gasteiger partial charge in [-0.15, -0.1) is 0 Å². The third-order valence-electron chi connectivity index (χ3n) is 0.718. The molecule has 0 aromatic carbocycles. The van der Waals surface area contributed by atoms with Crippen molar-refractivity contribution in [1.29, 1.82) is 0 Å². The van der Waals surface area contributed by atoms with Crippen LogP contribution in [0.2, 0.25) is 0 Å². The zero-order valence-electron chi connectivity index (χ0n) is 4.96. The molecule has 0 bridgehead atoms. The summed E-state index contributed by atoms with van der Waals surface area (Å²) in [6.07, 6.45) is 6.10. The second-order valence-electron chi connectivity index (χ2n) is 1.46. The van der Waals surface area contributed by atoms with Gasteiger partial charge in [-0.3, -0.25) is 0 Å². The molecule has 0 saturated carbocycles. The van der Waals surface area contributed by atoms with Crippen LogP contribution in [0.15, 0.2) is 36.6 Å². The maximum absolute atomic E-state index is 8.21. The van der Waals surface area contributed by atoms with Crippen LogP contribution in [0.5, 0.6) is 0 Å². The molecule has 0 saturated heterocycles. The van der Waals surface area contributed by atoms with Gasteiger partial charge >= 0.3 is 0 Å². The first-order valence-electron chi connectivity index (χ1n) is 2.41. The predicted octanol–water partition coefficient (Wildman–Crippen LogP) is 2.19. The lowest BCUT2D eigenvalue weighted by molar-refractivity contribution is 0.473. The Morgan fingerprint density at radius 1 is 1.62 bits per heavy atom. The van der Waals surface area contributed by atoms with Gasteiger partial charge in [-0.25, -0.2) is 0 Å². The zero-order valence-corrected chi connectivity index (χ0v) is 4.96. The van der Waals surface area contributed by atoms with Gasteiger partial charge in [-0.1, -0.05) is 18.7 Å². The van der Waals surface area contributed by atoms with Gasteiger partial charge in [-0.05, 0) is 18.6 Å². The van der Waals surface area contributed by atoms with Crippen molar-refractivity contribution in [2.75, 3.05) is 0 Å². The Morgan fingerprint density at radius 2 is 2.25 bits per heavy atom. The summed E-state index contributed by atoms with van der Waals surface area (Å²) in [5.41, 5.74) is 0.988. The lowest BCUT2D eigenvalue weighted by Crippen LogP contribution is -1.63. The van der Waals surface area contributed by atoms with Crippen LogP contribution in [-0.4, -0.2) is 5.11 Å². The summed E-state index contributed by atoms with van der Waals surface area (Å²) in [5, 5.41) is 8.21. The molecule has 0 aromatic rings. The van der Waals surface area contributed by atoms with Crippen LogP contribution in [0.3, 0.4) is 0 Å². The highest BCUT2D eigenvalue weighted by molar-refractivity contribution is 5.18. The molecular formula is C7H10O. The van der Waals surface area contributed by atoms with Crippen LogP contribution >= 0.6 is 0 Å². The third kappa shape index (κ3) is 3.22. The summed E-state index contributed by atoms with van der Waals surface area (Å²) < 4.78 is 0. The van der Waals surface area contributed by atoms with E-state index in [9.17, 15) is 0 Å². The number of rotatable bonds is 2. The molecule has 44 valence electrons. The molecule has 0 rings (SSSR count). The van der Waals surface area contributed by atoms with E-state index < -0.39 is 0 Å². The summed E-state index contributed by atoms with van der Waals surface area (Å²) in [6, 6.07) is 0. The van der Waals surface area contributed by atoms with Gasteiger partial charge in [-0.2, -0.15) is 0 Å². The second-order valence-corrected chi connectivity index (χ2v) is 1.46. The van der Waals surface area contributed by atoms with Crippen LogP contribution < -0.4 is 0 Å². The minimum Gasteiger partial charge on any atom is -0.516 e. The van der Waals surface area contributed by atoms with Gasteiger partial charge < -0.3 is 5.11 Å². The lowest BCUT2D eigenvalue weighted by Gasteiger charge is -1.82. The average Bonchev–Trinajstić information content (AvgIpc) is 1.68. The summed E-state index contributed by atoms with van der Waals surface area (Å²) in [6.45, 7) is 5.37. The fourth-order valence-electron chi connectivity index (χ4n) is 0.359.